The molecule has 1 saturated heterocycles. The number of rotatable bonds is 4. The molecule has 0 amide bonds. The Bertz CT molecular complexity index is 603. The number of halogens is 2. The molecular formula is C9H12Cl2N2O5S2. The quantitative estimate of drug-likeness (QED) is 0.876. The maximum absolute atomic E-state index is 10.9. The van der Waals surface area contributed by atoms with E-state index < -0.39 is 28.3 Å². The minimum absolute atomic E-state index is 0.187. The summed E-state index contributed by atoms with van der Waals surface area (Å²) in [5.74, 6) is -0.920. The Kier molecular flexibility index (Phi) is 4.63. The van der Waals surface area contributed by atoms with Crippen molar-refractivity contribution in [3.05, 3.63) is 14.5 Å². The van der Waals surface area contributed by atoms with E-state index in [-0.39, 0.29) is 16.2 Å². The highest BCUT2D eigenvalue weighted by Gasteiger charge is 2.44. The Morgan fingerprint density at radius 3 is 2.60 bits per heavy atom. The molecule has 1 fully saturated rings. The fraction of sp³-hybridized carbons (Fsp3) is 0.667. The predicted octanol–water partition coefficient (Wildman–Crippen LogP) is 1.86. The van der Waals surface area contributed by atoms with Gasteiger partial charge in [-0.05, 0) is 13.8 Å². The van der Waals surface area contributed by atoms with Crippen LogP contribution in [0.15, 0.2) is 0 Å². The van der Waals surface area contributed by atoms with Crippen molar-refractivity contribution in [2.45, 2.75) is 31.8 Å². The van der Waals surface area contributed by atoms with Crippen LogP contribution in [-0.2, 0) is 24.0 Å². The summed E-state index contributed by atoms with van der Waals surface area (Å²) in [5.41, 5.74) is 0. The average molecular weight is 363 g/mol. The topological polar surface area (TPSA) is 101 Å². The van der Waals surface area contributed by atoms with Crippen LogP contribution in [0.4, 0.5) is 0 Å². The lowest BCUT2D eigenvalue weighted by atomic mass is 10.2. The van der Waals surface area contributed by atoms with Crippen molar-refractivity contribution in [3.8, 4) is 0 Å². The molecule has 2 rings (SSSR count). The van der Waals surface area contributed by atoms with Crippen LogP contribution in [-0.4, -0.2) is 31.9 Å². The highest BCUT2D eigenvalue weighted by molar-refractivity contribution is 7.84. The molecule has 0 bridgehead atoms. The number of nitrogens with two attached hydrogens (primary N) is 1. The van der Waals surface area contributed by atoms with E-state index >= 15 is 0 Å². The van der Waals surface area contributed by atoms with Crippen LogP contribution in [0.1, 0.15) is 24.8 Å². The van der Waals surface area contributed by atoms with Gasteiger partial charge >= 0.3 is 10.3 Å². The molecule has 0 saturated carbocycles. The van der Waals surface area contributed by atoms with Crippen LogP contribution in [0.2, 0.25) is 9.62 Å². The summed E-state index contributed by atoms with van der Waals surface area (Å²) in [4.78, 5) is 4.42. The molecule has 7 nitrogen and oxygen atoms in total. The molecule has 2 heterocycles. The number of thiazole rings is 1. The SMILES string of the molecule is CC1(C)O[C@@H](COS(N)(=O)=O)[C@H](c2sc(Cl)nc2Cl)O1. The number of hydrogen-bond donors (Lipinski definition) is 1. The number of ether oxygens (including phenoxy) is 2. The summed E-state index contributed by atoms with van der Waals surface area (Å²) in [6.07, 6.45) is -1.33. The monoisotopic (exact) mass is 362 g/mol. The third-order valence-electron chi connectivity index (χ3n) is 2.42. The zero-order valence-corrected chi connectivity index (χ0v) is 13.6. The molecule has 1 aliphatic rings. The molecule has 2 N–H and O–H groups in total. The summed E-state index contributed by atoms with van der Waals surface area (Å²) in [6.45, 7) is 3.08. The summed E-state index contributed by atoms with van der Waals surface area (Å²) in [5, 5.41) is 4.98. The van der Waals surface area contributed by atoms with Crippen molar-refractivity contribution in [1.82, 2.24) is 4.98 Å². The predicted molar refractivity (Wildman–Crippen MR) is 74.0 cm³/mol. The third-order valence-corrected chi connectivity index (χ3v) is 4.51. The fourth-order valence-electron chi connectivity index (χ4n) is 1.80. The van der Waals surface area contributed by atoms with E-state index in [4.69, 9.17) is 37.8 Å². The molecule has 114 valence electrons. The van der Waals surface area contributed by atoms with Gasteiger partial charge in [0.1, 0.15) is 17.4 Å². The lowest BCUT2D eigenvalue weighted by Crippen LogP contribution is -2.28. The zero-order chi connectivity index (χ0) is 15.1. The lowest BCUT2D eigenvalue weighted by Gasteiger charge is -2.16. The molecule has 20 heavy (non-hydrogen) atoms. The van der Waals surface area contributed by atoms with Gasteiger partial charge in [-0.2, -0.15) is 8.42 Å². The first-order chi connectivity index (χ1) is 9.07. The standard InChI is InChI=1S/C9H12Cl2N2O5S2/c1-9(2)17-4(3-16-20(12,14)15)5(18-9)6-7(10)13-8(11)19-6/h4-5H,3H2,1-2H3,(H2,12,14,15)/t4-,5+/m0/s1. The largest absolute Gasteiger partial charge is 0.342 e. The summed E-state index contributed by atoms with van der Waals surface area (Å²) in [7, 11) is -4.07. The molecule has 0 aliphatic carbocycles. The number of aromatic nitrogens is 1. The van der Waals surface area contributed by atoms with Crippen molar-refractivity contribution in [1.29, 1.82) is 0 Å². The maximum atomic E-state index is 10.9. The van der Waals surface area contributed by atoms with Crippen molar-refractivity contribution < 1.29 is 22.1 Å². The minimum Gasteiger partial charge on any atom is -0.342 e. The molecule has 1 aliphatic heterocycles. The van der Waals surface area contributed by atoms with Crippen molar-refractivity contribution >= 4 is 44.8 Å². The molecule has 1 aromatic heterocycles. The van der Waals surface area contributed by atoms with Crippen LogP contribution in [0.25, 0.3) is 0 Å². The Morgan fingerprint density at radius 1 is 1.45 bits per heavy atom. The summed E-state index contributed by atoms with van der Waals surface area (Å²) < 4.78 is 37.8. The molecule has 2 atom stereocenters. The molecule has 1 aromatic rings. The summed E-state index contributed by atoms with van der Waals surface area (Å²) >= 11 is 12.9. The van der Waals surface area contributed by atoms with Gasteiger partial charge in [0.25, 0.3) is 0 Å². The highest BCUT2D eigenvalue weighted by Crippen LogP contribution is 2.44. The Hall–Kier alpha value is -0.000000000000000132. The lowest BCUT2D eigenvalue weighted by molar-refractivity contribution is -0.148. The van der Waals surface area contributed by atoms with Gasteiger partial charge in [0.15, 0.2) is 10.3 Å². The van der Waals surface area contributed by atoms with Gasteiger partial charge in [0.2, 0.25) is 0 Å². The minimum atomic E-state index is -4.07. The van der Waals surface area contributed by atoms with Crippen LogP contribution in [0.3, 0.4) is 0 Å². The Labute approximate surface area is 130 Å². The average Bonchev–Trinajstić information content (AvgIpc) is 2.74. The first-order valence-electron chi connectivity index (χ1n) is 5.42. The summed E-state index contributed by atoms with van der Waals surface area (Å²) in [6, 6.07) is 0. The number of nitrogens with zero attached hydrogens (tertiary/aromatic N) is 1. The Balaban J connectivity index is 2.22. The van der Waals surface area contributed by atoms with E-state index in [0.29, 0.717) is 4.88 Å². The van der Waals surface area contributed by atoms with Gasteiger partial charge in [-0.3, -0.25) is 4.18 Å². The Morgan fingerprint density at radius 2 is 2.10 bits per heavy atom. The van der Waals surface area contributed by atoms with Crippen LogP contribution in [0.5, 0.6) is 0 Å². The van der Waals surface area contributed by atoms with Gasteiger partial charge in [-0.15, -0.1) is 11.3 Å². The zero-order valence-electron chi connectivity index (χ0n) is 10.5. The van der Waals surface area contributed by atoms with E-state index in [0.717, 1.165) is 11.3 Å². The van der Waals surface area contributed by atoms with Crippen LogP contribution >= 0.6 is 34.5 Å². The van der Waals surface area contributed by atoms with Gasteiger partial charge < -0.3 is 9.47 Å². The van der Waals surface area contributed by atoms with Gasteiger partial charge in [0.05, 0.1) is 11.5 Å². The van der Waals surface area contributed by atoms with E-state index in [1.165, 1.54) is 0 Å². The van der Waals surface area contributed by atoms with E-state index in [9.17, 15) is 8.42 Å². The molecule has 0 radical (unpaired) electrons. The third kappa shape index (κ3) is 4.01. The molecule has 0 unspecified atom stereocenters. The molecule has 0 spiro atoms. The number of hydrogen-bond acceptors (Lipinski definition) is 7. The fourth-order valence-corrected chi connectivity index (χ4v) is 3.63. The second kappa shape index (κ2) is 5.65. The van der Waals surface area contributed by atoms with E-state index in [1.54, 1.807) is 13.8 Å². The van der Waals surface area contributed by atoms with Gasteiger partial charge in [-0.1, -0.05) is 23.2 Å². The van der Waals surface area contributed by atoms with Crippen LogP contribution in [0, 0.1) is 0 Å². The molecule has 11 heteroatoms. The van der Waals surface area contributed by atoms with Crippen molar-refractivity contribution in [3.63, 3.8) is 0 Å². The second-order valence-electron chi connectivity index (χ2n) is 4.49. The van der Waals surface area contributed by atoms with Gasteiger partial charge in [0, 0.05) is 0 Å². The smallest absolute Gasteiger partial charge is 0.333 e. The van der Waals surface area contributed by atoms with Crippen LogP contribution < -0.4 is 5.14 Å². The second-order valence-corrected chi connectivity index (χ2v) is 7.69. The highest BCUT2D eigenvalue weighted by atomic mass is 35.5. The van der Waals surface area contributed by atoms with Gasteiger partial charge in [-0.25, -0.2) is 10.1 Å². The van der Waals surface area contributed by atoms with Crippen molar-refractivity contribution in [2.75, 3.05) is 6.61 Å². The molecule has 0 aromatic carbocycles. The first-order valence-corrected chi connectivity index (χ1v) is 8.46. The molecular weight excluding hydrogens is 351 g/mol. The van der Waals surface area contributed by atoms with E-state index in [1.807, 2.05) is 0 Å². The van der Waals surface area contributed by atoms with E-state index in [2.05, 4.69) is 9.17 Å². The van der Waals surface area contributed by atoms with Crippen molar-refractivity contribution in [2.24, 2.45) is 5.14 Å². The maximum Gasteiger partial charge on any atom is 0.333 e. The normalized spacial score (nSPS) is 26.1. The first kappa shape index (κ1) is 16.4.